The highest BCUT2D eigenvalue weighted by atomic mass is 16.7. The van der Waals surface area contributed by atoms with Gasteiger partial charge >= 0.3 is 0 Å². The van der Waals surface area contributed by atoms with E-state index in [1.165, 1.54) is 0 Å². The lowest BCUT2D eigenvalue weighted by Gasteiger charge is -2.41. The smallest absolute Gasteiger partial charge is 0.156 e. The molecular formula is C28H52O5. The van der Waals surface area contributed by atoms with Gasteiger partial charge in [0, 0.05) is 13.2 Å². The van der Waals surface area contributed by atoms with Crippen molar-refractivity contribution in [1.29, 1.82) is 0 Å². The van der Waals surface area contributed by atoms with E-state index in [9.17, 15) is 5.11 Å². The van der Waals surface area contributed by atoms with E-state index in [1.54, 1.807) is 0 Å². The Hall–Kier alpha value is -1.24. The Kier molecular flexibility index (Phi) is 17.7. The second-order valence-corrected chi connectivity index (χ2v) is 7.64. The molecule has 5 atom stereocenters. The minimum absolute atomic E-state index is 0.353. The third-order valence-corrected chi connectivity index (χ3v) is 5.31. The Labute approximate surface area is 204 Å². The fourth-order valence-electron chi connectivity index (χ4n) is 3.68. The zero-order valence-electron chi connectivity index (χ0n) is 23.6. The van der Waals surface area contributed by atoms with E-state index >= 15 is 0 Å². The van der Waals surface area contributed by atoms with E-state index < -0.39 is 23.6 Å². The molecule has 0 heterocycles. The molecule has 1 aliphatic carbocycles. The molecule has 0 radical (unpaired) electrons. The molecular weight excluding hydrogens is 416 g/mol. The molecule has 0 fully saturated rings. The zero-order chi connectivity index (χ0) is 26.2. The molecule has 0 amide bonds. The van der Waals surface area contributed by atoms with Crippen LogP contribution in [0, 0.1) is 0 Å². The predicted molar refractivity (Wildman–Crippen MR) is 140 cm³/mol. The van der Waals surface area contributed by atoms with Gasteiger partial charge in [0.25, 0.3) is 0 Å². The molecule has 1 rings (SSSR count). The molecule has 1 aliphatic rings. The van der Waals surface area contributed by atoms with Crippen LogP contribution in [0.4, 0.5) is 0 Å². The van der Waals surface area contributed by atoms with Crippen LogP contribution in [0.2, 0.25) is 0 Å². The summed E-state index contributed by atoms with van der Waals surface area (Å²) in [5.74, 6) is 0. The average Bonchev–Trinajstić information content (AvgIpc) is 2.77. The second-order valence-electron chi connectivity index (χ2n) is 7.64. The van der Waals surface area contributed by atoms with Gasteiger partial charge in [-0.3, -0.25) is 0 Å². The standard InChI is InChI=1S/C24H40O5.2C2H6/c1-10-13-23(9,28-20(7)26-11-2)14-15-24(29-21(8)27-12-3)17(4)16-22(25)18(5)19(24)6;2*1-2/h10,13-16,20-22,25H,11-12H2,1-9H3;2*1-2H3/b13-10+,15-14+;;. The third kappa shape index (κ3) is 10.3. The monoisotopic (exact) mass is 468 g/mol. The highest BCUT2D eigenvalue weighted by Crippen LogP contribution is 2.40. The normalized spacial score (nSPS) is 24.4. The van der Waals surface area contributed by atoms with Gasteiger partial charge < -0.3 is 24.1 Å². The molecule has 5 heteroatoms. The summed E-state index contributed by atoms with van der Waals surface area (Å²) in [4.78, 5) is 0. The van der Waals surface area contributed by atoms with Crippen LogP contribution in [0.5, 0.6) is 0 Å². The molecule has 0 aromatic heterocycles. The van der Waals surface area contributed by atoms with Crippen molar-refractivity contribution in [3.05, 3.63) is 47.1 Å². The maximum Gasteiger partial charge on any atom is 0.156 e. The first kappa shape index (κ1) is 33.9. The van der Waals surface area contributed by atoms with Crippen LogP contribution in [0.15, 0.2) is 47.1 Å². The summed E-state index contributed by atoms with van der Waals surface area (Å²) in [6.45, 7) is 26.6. The molecule has 5 unspecified atom stereocenters. The molecule has 194 valence electrons. The molecule has 0 saturated heterocycles. The van der Waals surface area contributed by atoms with Gasteiger partial charge in [0.2, 0.25) is 0 Å². The molecule has 33 heavy (non-hydrogen) atoms. The Balaban J connectivity index is 0. The minimum atomic E-state index is -0.820. The molecule has 5 nitrogen and oxygen atoms in total. The number of aliphatic hydroxyl groups is 1. The lowest BCUT2D eigenvalue weighted by molar-refractivity contribution is -0.169. The largest absolute Gasteiger partial charge is 0.385 e. The highest BCUT2D eigenvalue weighted by Gasteiger charge is 2.40. The van der Waals surface area contributed by atoms with Crippen molar-refractivity contribution >= 4 is 0 Å². The number of ether oxygens (including phenoxy) is 4. The van der Waals surface area contributed by atoms with Gasteiger partial charge in [-0.2, -0.15) is 0 Å². The molecule has 0 aromatic rings. The fraction of sp³-hybridized carbons (Fsp3) is 0.714. The highest BCUT2D eigenvalue weighted by molar-refractivity contribution is 5.47. The quantitative estimate of drug-likeness (QED) is 0.258. The summed E-state index contributed by atoms with van der Waals surface area (Å²) in [7, 11) is 0. The van der Waals surface area contributed by atoms with Crippen LogP contribution in [0.1, 0.15) is 90.0 Å². The first-order chi connectivity index (χ1) is 15.5. The Morgan fingerprint density at radius 3 is 2.00 bits per heavy atom. The SMILES string of the molecule is C/C=C/C(C)(/C=C/C1(OC(C)OCC)C(C)=CC(O)C(C)=C1C)OC(C)OCC.CC.CC. The van der Waals surface area contributed by atoms with Crippen LogP contribution >= 0.6 is 0 Å². The summed E-state index contributed by atoms with van der Waals surface area (Å²) >= 11 is 0. The number of rotatable bonds is 11. The van der Waals surface area contributed by atoms with E-state index in [-0.39, 0.29) is 6.29 Å². The molecule has 0 aromatic carbocycles. The van der Waals surface area contributed by atoms with Gasteiger partial charge in [0.05, 0.1) is 6.10 Å². The van der Waals surface area contributed by atoms with Crippen molar-refractivity contribution in [3.63, 3.8) is 0 Å². The van der Waals surface area contributed by atoms with E-state index in [2.05, 4.69) is 0 Å². The minimum Gasteiger partial charge on any atom is -0.385 e. The second kappa shape index (κ2) is 17.2. The predicted octanol–water partition coefficient (Wildman–Crippen LogP) is 7.12. The van der Waals surface area contributed by atoms with Crippen LogP contribution in [-0.2, 0) is 18.9 Å². The van der Waals surface area contributed by atoms with Crippen molar-refractivity contribution < 1.29 is 24.1 Å². The van der Waals surface area contributed by atoms with Gasteiger partial charge in [-0.15, -0.1) is 0 Å². The van der Waals surface area contributed by atoms with Crippen LogP contribution < -0.4 is 0 Å². The van der Waals surface area contributed by atoms with Crippen molar-refractivity contribution in [2.75, 3.05) is 13.2 Å². The van der Waals surface area contributed by atoms with Gasteiger partial charge in [-0.05, 0) is 97.3 Å². The topological polar surface area (TPSA) is 57.2 Å². The first-order valence-electron chi connectivity index (χ1n) is 12.5. The Bertz CT molecular complexity index is 649. The summed E-state index contributed by atoms with van der Waals surface area (Å²) in [6, 6.07) is 0. The van der Waals surface area contributed by atoms with Crippen LogP contribution in [0.3, 0.4) is 0 Å². The lowest BCUT2D eigenvalue weighted by atomic mass is 9.77. The summed E-state index contributed by atoms with van der Waals surface area (Å²) in [5.41, 5.74) is 1.24. The van der Waals surface area contributed by atoms with Crippen molar-refractivity contribution in [1.82, 2.24) is 0 Å². The van der Waals surface area contributed by atoms with Crippen molar-refractivity contribution in [2.24, 2.45) is 0 Å². The van der Waals surface area contributed by atoms with Gasteiger partial charge in [-0.25, -0.2) is 0 Å². The third-order valence-electron chi connectivity index (χ3n) is 5.31. The number of allylic oxidation sites excluding steroid dienone is 1. The molecule has 1 N–H and O–H groups in total. The van der Waals surface area contributed by atoms with Gasteiger partial charge in [0.15, 0.2) is 12.6 Å². The van der Waals surface area contributed by atoms with Gasteiger partial charge in [0.1, 0.15) is 11.2 Å². The molecule has 0 bridgehead atoms. The first-order valence-corrected chi connectivity index (χ1v) is 12.5. The van der Waals surface area contributed by atoms with E-state index in [1.807, 2.05) is 120 Å². The van der Waals surface area contributed by atoms with Gasteiger partial charge in [-0.1, -0.05) is 39.8 Å². The average molecular weight is 469 g/mol. The fourth-order valence-corrected chi connectivity index (χ4v) is 3.68. The summed E-state index contributed by atoms with van der Waals surface area (Å²) in [6.07, 6.45) is 8.41. The van der Waals surface area contributed by atoms with Crippen LogP contribution in [0.25, 0.3) is 0 Å². The number of aliphatic hydroxyl groups excluding tert-OH is 1. The number of hydrogen-bond acceptors (Lipinski definition) is 5. The zero-order valence-corrected chi connectivity index (χ0v) is 23.6. The van der Waals surface area contributed by atoms with Crippen molar-refractivity contribution in [3.8, 4) is 0 Å². The van der Waals surface area contributed by atoms with Crippen LogP contribution in [-0.4, -0.2) is 48.2 Å². The lowest BCUT2D eigenvalue weighted by Crippen LogP contribution is -2.42. The molecule has 0 aliphatic heterocycles. The molecule has 0 spiro atoms. The Morgan fingerprint density at radius 1 is 1.00 bits per heavy atom. The maximum atomic E-state index is 10.4. The summed E-state index contributed by atoms with van der Waals surface area (Å²) < 4.78 is 23.8. The van der Waals surface area contributed by atoms with Crippen molar-refractivity contribution in [2.45, 2.75) is 120 Å². The van der Waals surface area contributed by atoms with E-state index in [0.29, 0.717) is 13.2 Å². The van der Waals surface area contributed by atoms with E-state index in [4.69, 9.17) is 18.9 Å². The number of hydrogen-bond donors (Lipinski definition) is 1. The summed E-state index contributed by atoms with van der Waals surface area (Å²) in [5, 5.41) is 10.4. The van der Waals surface area contributed by atoms with E-state index in [0.717, 1.165) is 16.7 Å². The maximum absolute atomic E-state index is 10.4. The molecule has 0 saturated carbocycles. The Morgan fingerprint density at radius 2 is 1.52 bits per heavy atom.